The molecule has 0 saturated heterocycles. The highest BCUT2D eigenvalue weighted by Gasteiger charge is 2.30. The highest BCUT2D eigenvalue weighted by atomic mass is 35.5. The van der Waals surface area contributed by atoms with E-state index in [1.54, 1.807) is 55.6 Å². The van der Waals surface area contributed by atoms with Crippen molar-refractivity contribution in [3.05, 3.63) is 145 Å². The molecule has 59 heavy (non-hydrogen) atoms. The van der Waals surface area contributed by atoms with Gasteiger partial charge in [0.15, 0.2) is 5.43 Å². The van der Waals surface area contributed by atoms with E-state index in [-0.39, 0.29) is 66.9 Å². The molecule has 294 valence electrons. The van der Waals surface area contributed by atoms with Crippen LogP contribution in [-0.4, -0.2) is 54.3 Å². The van der Waals surface area contributed by atoms with Crippen LogP contribution >= 0.6 is 23.2 Å². The third-order valence-corrected chi connectivity index (χ3v) is 10.8. The molecule has 0 unspecified atom stereocenters. The van der Waals surface area contributed by atoms with Crippen molar-refractivity contribution >= 4 is 68.7 Å². The second kappa shape index (κ2) is 15.0. The van der Waals surface area contributed by atoms with Crippen molar-refractivity contribution in [3.63, 3.8) is 0 Å². The Labute approximate surface area is 344 Å². The molecule has 1 amide bonds. The van der Waals surface area contributed by atoms with Gasteiger partial charge in [0.05, 0.1) is 32.1 Å². The quantitative estimate of drug-likeness (QED) is 0.108. The molecule has 4 aliphatic rings. The lowest BCUT2D eigenvalue weighted by molar-refractivity contribution is 0.0687. The SMILES string of the molecule is CN=c1ccc2c(-c3c(Cl)c(C(=O)NCc4ccc(C(=O)O)c(-c5c6ccc(=O)cc-6oc6cc(O)ccc56)c4)cc(Cl)c3C(=O)O)c3ccc(N(C)C)cc3oc-2c1. The molecule has 0 saturated carbocycles. The number of hydrogen-bond acceptors (Lipinski definition) is 9. The van der Waals surface area contributed by atoms with Crippen LogP contribution in [0.25, 0.3) is 66.8 Å². The zero-order valence-corrected chi connectivity index (χ0v) is 32.9. The summed E-state index contributed by atoms with van der Waals surface area (Å²) in [5.74, 6) is -2.81. The van der Waals surface area contributed by atoms with Gasteiger partial charge in [-0.2, -0.15) is 0 Å². The van der Waals surface area contributed by atoms with Gasteiger partial charge in [0.1, 0.15) is 28.4 Å². The topological polar surface area (TPSA) is 183 Å². The minimum Gasteiger partial charge on any atom is -0.508 e. The number of fused-ring (bicyclic) bond motifs is 4. The van der Waals surface area contributed by atoms with E-state index in [9.17, 15) is 34.5 Å². The standard InChI is InChI=1S/C45H31Cl2N3O9/c1-48-22-5-10-29-34(15-22)58-35-16-23(50(2)3)6-11-30(35)39(29)41-40(45(56)57)33(46)19-32(42(41)47)43(53)49-20-21-4-9-26(44(54)55)31(14-21)38-27-12-7-24(51)17-36(27)59-37-18-25(52)8-13-28(37)38/h4-19,51H,20H2,1-3H3,(H,49,53)(H,54,55)(H,56,57). The molecule has 0 spiro atoms. The van der Waals surface area contributed by atoms with Crippen LogP contribution in [0.4, 0.5) is 5.69 Å². The number of anilines is 1. The maximum absolute atomic E-state index is 14.1. The number of phenolic OH excluding ortho intramolecular Hbond substituents is 1. The number of carbonyl (C=O) groups is 3. The first kappa shape index (κ1) is 38.7. The summed E-state index contributed by atoms with van der Waals surface area (Å²) in [6.45, 7) is -0.124. The van der Waals surface area contributed by atoms with Gasteiger partial charge < -0.3 is 34.4 Å². The van der Waals surface area contributed by atoms with Gasteiger partial charge in [-0.3, -0.25) is 14.6 Å². The van der Waals surface area contributed by atoms with Gasteiger partial charge in [-0.15, -0.1) is 0 Å². The van der Waals surface area contributed by atoms with Crippen LogP contribution in [0.3, 0.4) is 0 Å². The minimum atomic E-state index is -1.37. The number of rotatable bonds is 8. The van der Waals surface area contributed by atoms with Crippen molar-refractivity contribution in [2.45, 2.75) is 6.54 Å². The third kappa shape index (κ3) is 6.88. The maximum Gasteiger partial charge on any atom is 0.337 e. The zero-order valence-electron chi connectivity index (χ0n) is 31.4. The zero-order chi connectivity index (χ0) is 41.9. The van der Waals surface area contributed by atoms with Crippen molar-refractivity contribution in [2.75, 3.05) is 26.0 Å². The number of benzene rings is 6. The highest BCUT2D eigenvalue weighted by molar-refractivity contribution is 6.41. The van der Waals surface area contributed by atoms with E-state index < -0.39 is 17.8 Å². The Morgan fingerprint density at radius 2 is 1.39 bits per heavy atom. The van der Waals surface area contributed by atoms with E-state index in [4.69, 9.17) is 32.0 Å². The van der Waals surface area contributed by atoms with Gasteiger partial charge in [0, 0.05) is 96.2 Å². The molecule has 0 bridgehead atoms. The predicted octanol–water partition coefficient (Wildman–Crippen LogP) is 9.02. The molecule has 0 fully saturated rings. The van der Waals surface area contributed by atoms with Gasteiger partial charge in [0.2, 0.25) is 0 Å². The fourth-order valence-corrected chi connectivity index (χ4v) is 7.92. The average Bonchev–Trinajstić information content (AvgIpc) is 3.20. The largest absolute Gasteiger partial charge is 0.508 e. The molecule has 4 aromatic rings. The lowest BCUT2D eigenvalue weighted by Crippen LogP contribution is -2.24. The van der Waals surface area contributed by atoms with Crippen molar-refractivity contribution in [1.82, 2.24) is 5.32 Å². The van der Waals surface area contributed by atoms with Crippen LogP contribution < -0.4 is 21.0 Å². The number of nitrogens with one attached hydrogen (secondary N) is 1. The first-order chi connectivity index (χ1) is 28.2. The molecule has 0 radical (unpaired) electrons. The molecule has 0 aromatic heterocycles. The molecule has 2 heterocycles. The molecule has 2 aliphatic heterocycles. The predicted molar refractivity (Wildman–Crippen MR) is 225 cm³/mol. The Hall–Kier alpha value is -7.15. The summed E-state index contributed by atoms with van der Waals surface area (Å²) in [6, 6.07) is 25.0. The number of aromatic carboxylic acids is 2. The normalized spacial score (nSPS) is 11.8. The number of nitrogens with zero attached hydrogens (tertiary/aromatic N) is 2. The fraction of sp³-hybridized carbons (Fsp3) is 0.0889. The average molecular weight is 829 g/mol. The molecule has 0 atom stereocenters. The number of carboxylic acid groups (broad SMARTS) is 2. The van der Waals surface area contributed by atoms with E-state index in [1.807, 2.05) is 31.1 Å². The fourth-order valence-electron chi connectivity index (χ4n) is 7.31. The summed E-state index contributed by atoms with van der Waals surface area (Å²) in [5.41, 5.74) is 3.15. The van der Waals surface area contributed by atoms with Gasteiger partial charge in [-0.1, -0.05) is 29.3 Å². The van der Waals surface area contributed by atoms with Gasteiger partial charge in [-0.05, 0) is 77.9 Å². The molecule has 4 N–H and O–H groups in total. The van der Waals surface area contributed by atoms with Crippen LogP contribution in [0.15, 0.2) is 116 Å². The number of carboxylic acids is 2. The van der Waals surface area contributed by atoms with E-state index in [1.165, 1.54) is 36.4 Å². The van der Waals surface area contributed by atoms with Gasteiger partial charge in [0.25, 0.3) is 5.91 Å². The van der Waals surface area contributed by atoms with E-state index in [2.05, 4.69) is 10.3 Å². The summed E-state index contributed by atoms with van der Waals surface area (Å²) in [7, 11) is 5.38. The molecule has 12 nitrogen and oxygen atoms in total. The smallest absolute Gasteiger partial charge is 0.337 e. The van der Waals surface area contributed by atoms with E-state index in [0.29, 0.717) is 55.3 Å². The summed E-state index contributed by atoms with van der Waals surface area (Å²) < 4.78 is 12.3. The number of amides is 1. The highest BCUT2D eigenvalue weighted by Crippen LogP contribution is 2.47. The van der Waals surface area contributed by atoms with Crippen LogP contribution in [-0.2, 0) is 6.54 Å². The Balaban J connectivity index is 1.25. The van der Waals surface area contributed by atoms with Gasteiger partial charge in [-0.25, -0.2) is 9.59 Å². The second-order valence-corrected chi connectivity index (χ2v) is 14.7. The Morgan fingerprint density at radius 1 is 0.712 bits per heavy atom. The van der Waals surface area contributed by atoms with E-state index in [0.717, 1.165) is 5.69 Å². The summed E-state index contributed by atoms with van der Waals surface area (Å²) >= 11 is 13.8. The summed E-state index contributed by atoms with van der Waals surface area (Å²) in [6.07, 6.45) is 0. The van der Waals surface area contributed by atoms with Crippen LogP contribution in [0.5, 0.6) is 5.75 Å². The molecule has 2 aliphatic carbocycles. The monoisotopic (exact) mass is 827 g/mol. The first-order valence-electron chi connectivity index (χ1n) is 17.9. The molecule has 4 aromatic carbocycles. The Kier molecular flexibility index (Phi) is 9.83. The first-order valence-corrected chi connectivity index (χ1v) is 18.7. The summed E-state index contributed by atoms with van der Waals surface area (Å²) in [4.78, 5) is 58.1. The molecule has 8 rings (SSSR count). The number of halogens is 2. The van der Waals surface area contributed by atoms with Crippen molar-refractivity contribution < 1.29 is 38.5 Å². The molecular formula is C45H31Cl2N3O9. The van der Waals surface area contributed by atoms with Crippen molar-refractivity contribution in [3.8, 4) is 50.7 Å². The van der Waals surface area contributed by atoms with E-state index >= 15 is 0 Å². The third-order valence-electron chi connectivity index (χ3n) is 10.1. The maximum atomic E-state index is 14.1. The second-order valence-electron chi connectivity index (χ2n) is 13.9. The lowest BCUT2D eigenvalue weighted by atomic mass is 9.89. The Bertz CT molecular complexity index is 3150. The number of phenols is 1. The Morgan fingerprint density at radius 3 is 2.10 bits per heavy atom. The van der Waals surface area contributed by atoms with Crippen LogP contribution in [0.1, 0.15) is 36.6 Å². The number of aromatic hydroxyl groups is 1. The molecule has 14 heteroatoms. The van der Waals surface area contributed by atoms with Crippen LogP contribution in [0, 0.1) is 0 Å². The van der Waals surface area contributed by atoms with Gasteiger partial charge >= 0.3 is 11.9 Å². The number of hydrogen-bond donors (Lipinski definition) is 4. The lowest BCUT2D eigenvalue weighted by Gasteiger charge is -2.21. The van der Waals surface area contributed by atoms with Crippen molar-refractivity contribution in [1.29, 1.82) is 0 Å². The molecular weight excluding hydrogens is 797 g/mol. The minimum absolute atomic E-state index is 0.00928. The summed E-state index contributed by atoms with van der Waals surface area (Å²) in [5, 5.41) is 35.1. The van der Waals surface area contributed by atoms with Crippen molar-refractivity contribution in [2.24, 2.45) is 4.99 Å². The van der Waals surface area contributed by atoms with Crippen LogP contribution in [0.2, 0.25) is 10.0 Å². The number of carbonyl (C=O) groups excluding carboxylic acids is 1.